The predicted octanol–water partition coefficient (Wildman–Crippen LogP) is -1.17. The highest BCUT2D eigenvalue weighted by Gasteiger charge is 2.29. The van der Waals surface area contributed by atoms with Crippen molar-refractivity contribution < 1.29 is 14.7 Å². The van der Waals surface area contributed by atoms with Crippen LogP contribution in [-0.4, -0.2) is 45.1 Å². The topological polar surface area (TPSA) is 109 Å². The van der Waals surface area contributed by atoms with E-state index in [0.29, 0.717) is 18.2 Å². The number of nitrogens with one attached hydrogen (secondary N) is 2. The van der Waals surface area contributed by atoms with Crippen LogP contribution in [0.2, 0.25) is 0 Å². The van der Waals surface area contributed by atoms with Crippen LogP contribution in [-0.2, 0) is 22.7 Å². The van der Waals surface area contributed by atoms with Gasteiger partial charge in [-0.1, -0.05) is 12.1 Å². The van der Waals surface area contributed by atoms with E-state index in [1.807, 2.05) is 6.92 Å². The van der Waals surface area contributed by atoms with E-state index in [9.17, 15) is 9.59 Å². The van der Waals surface area contributed by atoms with E-state index in [-0.39, 0.29) is 24.9 Å². The number of carbonyl (C=O) groups is 2. The number of amides is 1. The van der Waals surface area contributed by atoms with Crippen molar-refractivity contribution in [3.63, 3.8) is 0 Å². The van der Waals surface area contributed by atoms with Crippen molar-refractivity contribution in [2.75, 3.05) is 13.1 Å². The van der Waals surface area contributed by atoms with Crippen LogP contribution in [0.4, 0.5) is 0 Å². The van der Waals surface area contributed by atoms with Gasteiger partial charge in [0.15, 0.2) is 0 Å². The maximum atomic E-state index is 11.9. The fraction of sp³-hybridized carbons (Fsp3) is 0.636. The Bertz CT molecular complexity index is 473. The van der Waals surface area contributed by atoms with Gasteiger partial charge in [0.25, 0.3) is 0 Å². The van der Waals surface area contributed by atoms with Gasteiger partial charge in [0.1, 0.15) is 12.2 Å². The molecule has 8 heteroatoms. The molecule has 1 aliphatic heterocycles. The molecule has 0 radical (unpaired) electrons. The van der Waals surface area contributed by atoms with Crippen molar-refractivity contribution >= 4 is 11.9 Å². The van der Waals surface area contributed by atoms with Gasteiger partial charge in [0.05, 0.1) is 18.7 Å². The summed E-state index contributed by atoms with van der Waals surface area (Å²) in [5.41, 5.74) is 0.549. The summed E-state index contributed by atoms with van der Waals surface area (Å²) >= 11 is 0. The van der Waals surface area contributed by atoms with E-state index in [2.05, 4.69) is 20.9 Å². The molecule has 0 aromatic carbocycles. The first kappa shape index (κ1) is 13.5. The quantitative estimate of drug-likeness (QED) is 0.620. The highest BCUT2D eigenvalue weighted by molar-refractivity contribution is 5.79. The number of hydrogen-bond acceptors (Lipinski definition) is 5. The number of aliphatic carboxylic acids is 1. The van der Waals surface area contributed by atoms with E-state index >= 15 is 0 Å². The predicted molar refractivity (Wildman–Crippen MR) is 65.0 cm³/mol. The summed E-state index contributed by atoms with van der Waals surface area (Å²) in [5.74, 6) is -0.687. The van der Waals surface area contributed by atoms with Crippen LogP contribution < -0.4 is 10.6 Å². The summed E-state index contributed by atoms with van der Waals surface area (Å²) in [7, 11) is 0. The van der Waals surface area contributed by atoms with Crippen LogP contribution in [0.1, 0.15) is 12.6 Å². The number of carboxylic acid groups (broad SMARTS) is 1. The maximum Gasteiger partial charge on any atom is 0.325 e. The molecule has 8 nitrogen and oxygen atoms in total. The molecule has 3 N–H and O–H groups in total. The number of nitrogens with zero attached hydrogens (tertiary/aromatic N) is 3. The lowest BCUT2D eigenvalue weighted by molar-refractivity contribution is -0.138. The highest BCUT2D eigenvalue weighted by atomic mass is 16.4. The number of aromatic nitrogens is 3. The molecule has 1 aromatic rings. The van der Waals surface area contributed by atoms with Gasteiger partial charge in [0, 0.05) is 6.54 Å². The standard InChI is InChI=1S/C11H17N5O3/c1-7-2-12-4-9(7)11(19)13-3-8-5-16(15-14-8)6-10(17)18/h5,7,9,12H,2-4,6H2,1H3,(H,13,19)(H,17,18). The molecule has 1 saturated heterocycles. The minimum atomic E-state index is -0.980. The van der Waals surface area contributed by atoms with E-state index in [1.165, 1.54) is 10.9 Å². The Morgan fingerprint density at radius 1 is 1.58 bits per heavy atom. The van der Waals surface area contributed by atoms with Crippen LogP contribution in [0.3, 0.4) is 0 Å². The van der Waals surface area contributed by atoms with E-state index in [1.54, 1.807) is 0 Å². The van der Waals surface area contributed by atoms with Crippen LogP contribution in [0.25, 0.3) is 0 Å². The lowest BCUT2D eigenvalue weighted by Crippen LogP contribution is -2.34. The molecule has 2 heterocycles. The monoisotopic (exact) mass is 267 g/mol. The number of carbonyl (C=O) groups excluding carboxylic acids is 1. The number of rotatable bonds is 5. The van der Waals surface area contributed by atoms with Crippen molar-refractivity contribution in [2.45, 2.75) is 20.0 Å². The van der Waals surface area contributed by atoms with Crippen LogP contribution in [0, 0.1) is 11.8 Å². The van der Waals surface area contributed by atoms with Gasteiger partial charge in [0.2, 0.25) is 5.91 Å². The zero-order valence-electron chi connectivity index (χ0n) is 10.7. The van der Waals surface area contributed by atoms with Gasteiger partial charge in [-0.25, -0.2) is 4.68 Å². The third-order valence-corrected chi connectivity index (χ3v) is 3.18. The molecule has 2 atom stereocenters. The molecule has 0 spiro atoms. The Morgan fingerprint density at radius 3 is 3.00 bits per heavy atom. The molecule has 1 aromatic heterocycles. The molecule has 1 fully saturated rings. The van der Waals surface area contributed by atoms with Crippen molar-refractivity contribution in [1.29, 1.82) is 0 Å². The van der Waals surface area contributed by atoms with E-state index in [0.717, 1.165) is 6.54 Å². The molecule has 2 unspecified atom stereocenters. The number of carboxylic acids is 1. The average molecular weight is 267 g/mol. The van der Waals surface area contributed by atoms with Gasteiger partial charge in [-0.05, 0) is 12.5 Å². The lowest BCUT2D eigenvalue weighted by atomic mass is 9.97. The lowest BCUT2D eigenvalue weighted by Gasteiger charge is -2.13. The van der Waals surface area contributed by atoms with Crippen molar-refractivity contribution in [2.24, 2.45) is 11.8 Å². The largest absolute Gasteiger partial charge is 0.480 e. The van der Waals surface area contributed by atoms with Crippen LogP contribution in [0.15, 0.2) is 6.20 Å². The molecule has 1 aliphatic rings. The Kier molecular flexibility index (Phi) is 4.10. The second kappa shape index (κ2) is 5.79. The van der Waals surface area contributed by atoms with Crippen LogP contribution in [0.5, 0.6) is 0 Å². The van der Waals surface area contributed by atoms with E-state index < -0.39 is 5.97 Å². The number of hydrogen-bond donors (Lipinski definition) is 3. The van der Waals surface area contributed by atoms with Crippen LogP contribution >= 0.6 is 0 Å². The summed E-state index contributed by atoms with van der Waals surface area (Å²) in [6.45, 7) is 3.62. The van der Waals surface area contributed by atoms with Crippen molar-refractivity contribution in [3.05, 3.63) is 11.9 Å². The maximum absolute atomic E-state index is 11.9. The fourth-order valence-corrected chi connectivity index (χ4v) is 2.11. The minimum Gasteiger partial charge on any atom is -0.480 e. The summed E-state index contributed by atoms with van der Waals surface area (Å²) in [5, 5.41) is 22.0. The highest BCUT2D eigenvalue weighted by Crippen LogP contribution is 2.15. The first-order chi connectivity index (χ1) is 9.06. The molecule has 0 bridgehead atoms. The third-order valence-electron chi connectivity index (χ3n) is 3.18. The molecule has 2 rings (SSSR count). The Morgan fingerprint density at radius 2 is 2.37 bits per heavy atom. The molecule has 104 valence electrons. The normalized spacial score (nSPS) is 22.4. The van der Waals surface area contributed by atoms with Gasteiger partial charge in [-0.2, -0.15) is 0 Å². The van der Waals surface area contributed by atoms with Gasteiger partial charge < -0.3 is 15.7 Å². The van der Waals surface area contributed by atoms with E-state index in [4.69, 9.17) is 5.11 Å². The smallest absolute Gasteiger partial charge is 0.325 e. The summed E-state index contributed by atoms with van der Waals surface area (Å²) in [6, 6.07) is 0. The molecule has 19 heavy (non-hydrogen) atoms. The van der Waals surface area contributed by atoms with Gasteiger partial charge in [-0.15, -0.1) is 5.10 Å². The first-order valence-electron chi connectivity index (χ1n) is 6.15. The zero-order valence-corrected chi connectivity index (χ0v) is 10.7. The summed E-state index contributed by atoms with van der Waals surface area (Å²) < 4.78 is 1.23. The Hall–Kier alpha value is -1.96. The zero-order chi connectivity index (χ0) is 13.8. The Labute approximate surface area is 110 Å². The summed E-state index contributed by atoms with van der Waals surface area (Å²) in [6.07, 6.45) is 1.52. The van der Waals surface area contributed by atoms with Crippen molar-refractivity contribution in [1.82, 2.24) is 25.6 Å². The second-order valence-corrected chi connectivity index (χ2v) is 4.76. The summed E-state index contributed by atoms with van der Waals surface area (Å²) in [4.78, 5) is 22.4. The molecule has 0 aliphatic carbocycles. The van der Waals surface area contributed by atoms with Gasteiger partial charge >= 0.3 is 5.97 Å². The second-order valence-electron chi connectivity index (χ2n) is 4.76. The average Bonchev–Trinajstić information content (AvgIpc) is 2.94. The molecular formula is C11H17N5O3. The minimum absolute atomic E-state index is 0.00900. The first-order valence-corrected chi connectivity index (χ1v) is 6.15. The third kappa shape index (κ3) is 3.50. The SMILES string of the molecule is CC1CNCC1C(=O)NCc1cn(CC(=O)O)nn1. The van der Waals surface area contributed by atoms with Crippen molar-refractivity contribution in [3.8, 4) is 0 Å². The molecule has 0 saturated carbocycles. The molecular weight excluding hydrogens is 250 g/mol. The Balaban J connectivity index is 1.83. The fourth-order valence-electron chi connectivity index (χ4n) is 2.11. The molecule has 1 amide bonds. The van der Waals surface area contributed by atoms with Gasteiger partial charge in [-0.3, -0.25) is 9.59 Å².